The largest absolute Gasteiger partial charge is 0.325 e. The molecule has 2 aromatic heterocycles. The van der Waals surface area contributed by atoms with Gasteiger partial charge >= 0.3 is 0 Å². The average molecular weight is 543 g/mol. The van der Waals surface area contributed by atoms with Gasteiger partial charge in [0.25, 0.3) is 5.56 Å². The van der Waals surface area contributed by atoms with Gasteiger partial charge in [-0.05, 0) is 73.3 Å². The molecular weight excluding hydrogens is 508 g/mol. The Hall–Kier alpha value is -2.56. The third-order valence-corrected chi connectivity index (χ3v) is 10.7. The zero-order valence-electron chi connectivity index (χ0n) is 21.6. The van der Waals surface area contributed by atoms with Crippen LogP contribution in [0.2, 0.25) is 0 Å². The molecule has 37 heavy (non-hydrogen) atoms. The van der Waals surface area contributed by atoms with Crippen LogP contribution in [0.3, 0.4) is 0 Å². The van der Waals surface area contributed by atoms with Gasteiger partial charge in [-0.25, -0.2) is 13.4 Å². The summed E-state index contributed by atoms with van der Waals surface area (Å²) in [4.78, 5) is 32.8. The van der Waals surface area contributed by atoms with Crippen LogP contribution in [0.4, 0.5) is 5.69 Å². The lowest BCUT2D eigenvalue weighted by Crippen LogP contribution is -2.35. The van der Waals surface area contributed by atoms with Gasteiger partial charge in [-0.3, -0.25) is 14.2 Å². The van der Waals surface area contributed by atoms with Crippen LogP contribution in [0.25, 0.3) is 10.2 Å². The van der Waals surface area contributed by atoms with E-state index in [-0.39, 0.29) is 28.3 Å². The lowest BCUT2D eigenvalue weighted by atomic mass is 9.72. The first-order chi connectivity index (χ1) is 17.5. The molecule has 1 aromatic carbocycles. The maximum absolute atomic E-state index is 13.3. The fourth-order valence-electron chi connectivity index (χ4n) is 5.37. The summed E-state index contributed by atoms with van der Waals surface area (Å²) in [6.07, 6.45) is 7.11. The van der Waals surface area contributed by atoms with Gasteiger partial charge in [-0.15, -0.1) is 11.3 Å². The number of benzene rings is 1. The van der Waals surface area contributed by atoms with Crippen molar-refractivity contribution in [3.8, 4) is 0 Å². The zero-order chi connectivity index (χ0) is 26.4. The summed E-state index contributed by atoms with van der Waals surface area (Å²) in [6, 6.07) is 6.20. The fraction of sp³-hybridized carbons (Fsp3) is 0.519. The summed E-state index contributed by atoms with van der Waals surface area (Å²) in [7, 11) is -3.53. The van der Waals surface area contributed by atoms with Crippen molar-refractivity contribution in [2.45, 2.75) is 70.7 Å². The summed E-state index contributed by atoms with van der Waals surface area (Å²) in [5.41, 5.74) is 1.61. The summed E-state index contributed by atoms with van der Waals surface area (Å²) in [6.45, 7) is 7.71. The highest BCUT2D eigenvalue weighted by molar-refractivity contribution is 7.89. The van der Waals surface area contributed by atoms with Crippen LogP contribution in [0, 0.1) is 11.3 Å². The van der Waals surface area contributed by atoms with E-state index in [1.165, 1.54) is 32.2 Å². The number of anilines is 1. The first-order valence-electron chi connectivity index (χ1n) is 12.9. The number of thiophene rings is 1. The van der Waals surface area contributed by atoms with E-state index < -0.39 is 10.0 Å². The molecule has 1 saturated heterocycles. The Morgan fingerprint density at radius 3 is 2.51 bits per heavy atom. The first kappa shape index (κ1) is 26.1. The molecule has 0 spiro atoms. The van der Waals surface area contributed by atoms with E-state index >= 15 is 0 Å². The molecule has 1 atom stereocenters. The van der Waals surface area contributed by atoms with Gasteiger partial charge in [0.2, 0.25) is 15.9 Å². The molecule has 1 fully saturated rings. The standard InChI is InChI=1S/C27H34N4O4S2/c1-27(2,3)18-7-12-21-22(15-18)36-25-24(21)26(33)30(17-28-25)16-23(32)29-19-8-10-20(11-9-19)37(34,35)31-13-5-4-6-14-31/h8-11,17-18H,4-7,12-16H2,1-3H3,(H,29,32). The summed E-state index contributed by atoms with van der Waals surface area (Å²) in [5, 5.41) is 3.42. The van der Waals surface area contributed by atoms with E-state index in [0.29, 0.717) is 30.1 Å². The number of aromatic nitrogens is 2. The number of piperidine rings is 1. The highest BCUT2D eigenvalue weighted by Crippen LogP contribution is 2.41. The minimum absolute atomic E-state index is 0.162. The van der Waals surface area contributed by atoms with Gasteiger partial charge in [0.1, 0.15) is 11.4 Å². The maximum atomic E-state index is 13.3. The molecule has 8 nitrogen and oxygen atoms in total. The minimum Gasteiger partial charge on any atom is -0.325 e. The number of sulfonamides is 1. The molecule has 0 bridgehead atoms. The van der Waals surface area contributed by atoms with Crippen molar-refractivity contribution in [2.75, 3.05) is 18.4 Å². The summed E-state index contributed by atoms with van der Waals surface area (Å²) >= 11 is 1.60. The second kappa shape index (κ2) is 9.96. The van der Waals surface area contributed by atoms with Crippen LogP contribution in [0.1, 0.15) is 56.9 Å². The van der Waals surface area contributed by atoms with Gasteiger partial charge in [0.15, 0.2) is 0 Å². The SMILES string of the molecule is CC(C)(C)C1CCc2c(sc3ncn(CC(=O)Nc4ccc(S(=O)(=O)N5CCCCC5)cc4)c(=O)c23)C1. The van der Waals surface area contributed by atoms with Crippen molar-refractivity contribution in [3.05, 3.63) is 51.4 Å². The van der Waals surface area contributed by atoms with Crippen LogP contribution in [0.5, 0.6) is 0 Å². The van der Waals surface area contributed by atoms with Crippen molar-refractivity contribution in [3.63, 3.8) is 0 Å². The Balaban J connectivity index is 1.29. The lowest BCUT2D eigenvalue weighted by Gasteiger charge is -2.33. The van der Waals surface area contributed by atoms with E-state index in [1.807, 2.05) is 0 Å². The predicted octanol–water partition coefficient (Wildman–Crippen LogP) is 4.42. The van der Waals surface area contributed by atoms with Crippen molar-refractivity contribution in [1.29, 1.82) is 0 Å². The highest BCUT2D eigenvalue weighted by Gasteiger charge is 2.32. The Morgan fingerprint density at radius 1 is 1.14 bits per heavy atom. The normalized spacial score (nSPS) is 19.1. The fourth-order valence-corrected chi connectivity index (χ4v) is 8.15. The van der Waals surface area contributed by atoms with Gasteiger partial charge in [-0.1, -0.05) is 27.2 Å². The van der Waals surface area contributed by atoms with E-state index in [1.54, 1.807) is 23.5 Å². The van der Waals surface area contributed by atoms with Crippen LogP contribution >= 0.6 is 11.3 Å². The van der Waals surface area contributed by atoms with Crippen LogP contribution in [0.15, 0.2) is 40.3 Å². The number of rotatable bonds is 5. The number of hydrogen-bond donors (Lipinski definition) is 1. The molecule has 198 valence electrons. The quantitative estimate of drug-likeness (QED) is 0.514. The first-order valence-corrected chi connectivity index (χ1v) is 15.2. The second-order valence-electron chi connectivity index (χ2n) is 11.2. The molecule has 2 aliphatic rings. The summed E-state index contributed by atoms with van der Waals surface area (Å²) in [5.74, 6) is 0.203. The van der Waals surface area contributed by atoms with E-state index in [0.717, 1.165) is 48.9 Å². The van der Waals surface area contributed by atoms with Gasteiger partial charge in [-0.2, -0.15) is 4.31 Å². The van der Waals surface area contributed by atoms with Crippen LogP contribution in [-0.4, -0.2) is 41.3 Å². The van der Waals surface area contributed by atoms with E-state index in [9.17, 15) is 18.0 Å². The maximum Gasteiger partial charge on any atom is 0.262 e. The van der Waals surface area contributed by atoms with Gasteiger partial charge in [0.05, 0.1) is 16.6 Å². The number of hydrogen-bond acceptors (Lipinski definition) is 6. The second-order valence-corrected chi connectivity index (χ2v) is 14.2. The van der Waals surface area contributed by atoms with Gasteiger partial charge < -0.3 is 5.32 Å². The molecule has 3 heterocycles. The third kappa shape index (κ3) is 5.24. The Bertz CT molecular complexity index is 1480. The molecule has 1 aliphatic carbocycles. The topological polar surface area (TPSA) is 101 Å². The monoisotopic (exact) mass is 542 g/mol. The Kier molecular flexibility index (Phi) is 7.02. The molecule has 5 rings (SSSR count). The van der Waals surface area contributed by atoms with Gasteiger partial charge in [0, 0.05) is 23.7 Å². The number of nitrogens with one attached hydrogen (secondary N) is 1. The Morgan fingerprint density at radius 2 is 1.84 bits per heavy atom. The van der Waals surface area contributed by atoms with E-state index in [2.05, 4.69) is 31.1 Å². The molecular formula is C27H34N4O4S2. The number of aryl methyl sites for hydroxylation is 1. The average Bonchev–Trinajstić information content (AvgIpc) is 3.25. The number of nitrogens with zero attached hydrogens (tertiary/aromatic N) is 3. The number of amides is 1. The van der Waals surface area contributed by atoms with Crippen molar-refractivity contribution in [2.24, 2.45) is 11.3 Å². The Labute approximate surface area is 221 Å². The lowest BCUT2D eigenvalue weighted by molar-refractivity contribution is -0.116. The minimum atomic E-state index is -3.53. The third-order valence-electron chi connectivity index (χ3n) is 7.67. The van der Waals surface area contributed by atoms with Crippen molar-refractivity contribution >= 4 is 43.2 Å². The predicted molar refractivity (Wildman–Crippen MR) is 147 cm³/mol. The smallest absolute Gasteiger partial charge is 0.262 e. The molecule has 1 N–H and O–H groups in total. The van der Waals surface area contributed by atoms with Crippen molar-refractivity contribution in [1.82, 2.24) is 13.9 Å². The molecule has 10 heteroatoms. The molecule has 3 aromatic rings. The zero-order valence-corrected chi connectivity index (χ0v) is 23.3. The molecule has 1 unspecified atom stereocenters. The number of carbonyl (C=O) groups is 1. The molecule has 0 saturated carbocycles. The molecule has 1 amide bonds. The highest BCUT2D eigenvalue weighted by atomic mass is 32.2. The molecule has 1 aliphatic heterocycles. The molecule has 0 radical (unpaired) electrons. The summed E-state index contributed by atoms with van der Waals surface area (Å²) < 4.78 is 28.6. The van der Waals surface area contributed by atoms with Crippen LogP contribution in [-0.2, 0) is 34.2 Å². The van der Waals surface area contributed by atoms with E-state index in [4.69, 9.17) is 0 Å². The van der Waals surface area contributed by atoms with Crippen molar-refractivity contribution < 1.29 is 13.2 Å². The number of fused-ring (bicyclic) bond motifs is 3. The van der Waals surface area contributed by atoms with Crippen LogP contribution < -0.4 is 10.9 Å². The number of carbonyl (C=O) groups excluding carboxylic acids is 1.